The Morgan fingerprint density at radius 2 is 1.92 bits per heavy atom. The van der Waals surface area contributed by atoms with Gasteiger partial charge in [0, 0.05) is 18.3 Å². The van der Waals surface area contributed by atoms with Crippen molar-refractivity contribution in [3.8, 4) is 17.4 Å². The van der Waals surface area contributed by atoms with E-state index in [2.05, 4.69) is 20.5 Å². The number of carbonyl (C=O) groups excluding carboxylic acids is 2. The van der Waals surface area contributed by atoms with Crippen LogP contribution in [0.2, 0.25) is 0 Å². The monoisotopic (exact) mass is 491 g/mol. The lowest BCUT2D eigenvalue weighted by Crippen LogP contribution is -2.58. The summed E-state index contributed by atoms with van der Waals surface area (Å²) in [5, 5.41) is 12.0. The van der Waals surface area contributed by atoms with Gasteiger partial charge in [0.25, 0.3) is 11.8 Å². The molecule has 0 bridgehead atoms. The van der Waals surface area contributed by atoms with Crippen molar-refractivity contribution in [2.24, 2.45) is 11.1 Å². The van der Waals surface area contributed by atoms with E-state index in [1.54, 1.807) is 41.1 Å². The second-order valence-corrected chi connectivity index (χ2v) is 10.3. The molecule has 1 spiro atoms. The molecule has 3 aromatic rings. The van der Waals surface area contributed by atoms with Gasteiger partial charge in [-0.05, 0) is 56.9 Å². The largest absolute Gasteiger partial charge is 0.481 e. The summed E-state index contributed by atoms with van der Waals surface area (Å²) in [6.07, 6.45) is 10.7. The molecule has 0 unspecified atom stereocenters. The third kappa shape index (κ3) is 3.98. The fraction of sp³-hybridized carbons (Fsp3) is 0.480. The summed E-state index contributed by atoms with van der Waals surface area (Å²) in [6, 6.07) is 4.08. The van der Waals surface area contributed by atoms with Crippen molar-refractivity contribution in [1.82, 2.24) is 29.9 Å². The summed E-state index contributed by atoms with van der Waals surface area (Å²) in [6.45, 7) is 1.87. The maximum absolute atomic E-state index is 12.9. The van der Waals surface area contributed by atoms with E-state index in [-0.39, 0.29) is 23.5 Å². The Balaban J connectivity index is 1.02. The van der Waals surface area contributed by atoms with E-state index in [1.807, 2.05) is 13.0 Å². The molecule has 3 saturated carbocycles. The van der Waals surface area contributed by atoms with Crippen LogP contribution in [0.25, 0.3) is 5.69 Å². The summed E-state index contributed by atoms with van der Waals surface area (Å²) >= 11 is 0. The molecular formula is C25H29N7O4. The van der Waals surface area contributed by atoms with E-state index in [0.29, 0.717) is 28.9 Å². The van der Waals surface area contributed by atoms with Gasteiger partial charge in [0.15, 0.2) is 0 Å². The van der Waals surface area contributed by atoms with E-state index in [1.165, 1.54) is 0 Å². The first-order chi connectivity index (χ1) is 17.3. The molecular weight excluding hydrogens is 462 g/mol. The second-order valence-electron chi connectivity index (χ2n) is 10.3. The van der Waals surface area contributed by atoms with Crippen LogP contribution in [0.1, 0.15) is 71.0 Å². The fourth-order valence-corrected chi connectivity index (χ4v) is 5.50. The molecule has 11 nitrogen and oxygen atoms in total. The van der Waals surface area contributed by atoms with Gasteiger partial charge in [-0.2, -0.15) is 5.10 Å². The first-order valence-corrected chi connectivity index (χ1v) is 12.3. The number of hydrogen-bond donors (Lipinski definition) is 2. The summed E-state index contributed by atoms with van der Waals surface area (Å²) in [4.78, 5) is 28.9. The lowest BCUT2D eigenvalue weighted by atomic mass is 9.53. The third-order valence-electron chi connectivity index (χ3n) is 7.61. The minimum Gasteiger partial charge on any atom is -0.481 e. The van der Waals surface area contributed by atoms with Crippen LogP contribution in [-0.4, -0.2) is 55.6 Å². The van der Waals surface area contributed by atoms with Gasteiger partial charge in [-0.25, -0.2) is 9.67 Å². The topological polar surface area (TPSA) is 139 Å². The highest BCUT2D eigenvalue weighted by Crippen LogP contribution is 2.57. The predicted molar refractivity (Wildman–Crippen MR) is 128 cm³/mol. The Morgan fingerprint density at radius 3 is 2.56 bits per heavy atom. The summed E-state index contributed by atoms with van der Waals surface area (Å²) in [5.41, 5.74) is 8.11. The normalized spacial score (nSPS) is 24.6. The van der Waals surface area contributed by atoms with Crippen LogP contribution >= 0.6 is 0 Å². The number of rotatable bonds is 8. The van der Waals surface area contributed by atoms with Gasteiger partial charge in [-0.1, -0.05) is 0 Å². The van der Waals surface area contributed by atoms with Crippen LogP contribution in [-0.2, 0) is 0 Å². The molecule has 188 valence electrons. The molecule has 0 saturated heterocycles. The summed E-state index contributed by atoms with van der Waals surface area (Å²) in [7, 11) is 1.56. The third-order valence-corrected chi connectivity index (χ3v) is 7.61. The van der Waals surface area contributed by atoms with Crippen molar-refractivity contribution < 1.29 is 19.1 Å². The number of ether oxygens (including phenoxy) is 2. The quantitative estimate of drug-likeness (QED) is 0.493. The van der Waals surface area contributed by atoms with E-state index in [9.17, 15) is 9.59 Å². The molecule has 0 aliphatic heterocycles. The molecule has 0 aromatic carbocycles. The Hall–Kier alpha value is -3.89. The van der Waals surface area contributed by atoms with Gasteiger partial charge in [-0.3, -0.25) is 14.3 Å². The number of nitrogens with one attached hydrogen (secondary N) is 1. The van der Waals surface area contributed by atoms with Gasteiger partial charge in [-0.15, -0.1) is 5.10 Å². The molecule has 3 fully saturated rings. The fourth-order valence-electron chi connectivity index (χ4n) is 5.50. The number of carbonyl (C=O) groups is 2. The average Bonchev–Trinajstić information content (AvgIpc) is 3.47. The first kappa shape index (κ1) is 22.6. The number of methoxy groups -OCH3 is 1. The molecule has 2 amide bonds. The molecule has 11 heteroatoms. The van der Waals surface area contributed by atoms with Gasteiger partial charge >= 0.3 is 0 Å². The van der Waals surface area contributed by atoms with Crippen molar-refractivity contribution in [1.29, 1.82) is 0 Å². The van der Waals surface area contributed by atoms with Crippen molar-refractivity contribution in [3.63, 3.8) is 0 Å². The molecule has 0 atom stereocenters. The number of amides is 2. The van der Waals surface area contributed by atoms with Crippen LogP contribution < -0.4 is 20.5 Å². The van der Waals surface area contributed by atoms with E-state index >= 15 is 0 Å². The van der Waals surface area contributed by atoms with Crippen molar-refractivity contribution in [3.05, 3.63) is 47.5 Å². The van der Waals surface area contributed by atoms with Crippen molar-refractivity contribution in [2.45, 2.75) is 63.6 Å². The van der Waals surface area contributed by atoms with Crippen molar-refractivity contribution >= 4 is 11.8 Å². The van der Waals surface area contributed by atoms with E-state index in [0.717, 1.165) is 49.9 Å². The van der Waals surface area contributed by atoms with Crippen LogP contribution in [0.5, 0.6) is 11.8 Å². The number of aromatic nitrogens is 5. The Labute approximate surface area is 208 Å². The zero-order chi connectivity index (χ0) is 25.0. The van der Waals surface area contributed by atoms with Crippen LogP contribution in [0, 0.1) is 12.3 Å². The van der Waals surface area contributed by atoms with Crippen molar-refractivity contribution in [2.75, 3.05) is 7.11 Å². The lowest BCUT2D eigenvalue weighted by molar-refractivity contribution is -0.0849. The molecule has 3 aromatic heterocycles. The number of nitrogens with two attached hydrogens (primary N) is 1. The first-order valence-electron chi connectivity index (χ1n) is 12.3. The predicted octanol–water partition coefficient (Wildman–Crippen LogP) is 2.33. The van der Waals surface area contributed by atoms with Gasteiger partial charge < -0.3 is 20.5 Å². The number of primary amides is 1. The highest BCUT2D eigenvalue weighted by molar-refractivity contribution is 5.95. The smallest absolute Gasteiger partial charge is 0.255 e. The Kier molecular flexibility index (Phi) is 5.24. The van der Waals surface area contributed by atoms with E-state index in [4.69, 9.17) is 15.2 Å². The highest BCUT2D eigenvalue weighted by Gasteiger charge is 2.54. The second kappa shape index (κ2) is 8.35. The Morgan fingerprint density at radius 1 is 1.14 bits per heavy atom. The summed E-state index contributed by atoms with van der Waals surface area (Å²) < 4.78 is 14.6. The van der Waals surface area contributed by atoms with Gasteiger partial charge in [0.1, 0.15) is 11.7 Å². The van der Waals surface area contributed by atoms with Gasteiger partial charge in [0.2, 0.25) is 11.8 Å². The van der Waals surface area contributed by atoms with E-state index < -0.39 is 5.91 Å². The molecule has 3 N–H and O–H groups in total. The molecule has 6 rings (SSSR count). The highest BCUT2D eigenvalue weighted by atomic mass is 16.5. The number of hydrogen-bond acceptors (Lipinski definition) is 7. The minimum absolute atomic E-state index is 0.0147. The van der Waals surface area contributed by atoms with Gasteiger partial charge in [0.05, 0.1) is 42.5 Å². The standard InChI is InChI=1S/C25H29N7O4/c1-14-19(12-28-32(14)17-5-6-21(35-2)27-11-17)23(34)29-15-7-25(8-15)9-18(10-25)36-24-20(22(26)33)13-31(30-24)16-3-4-16/h5-6,11-13,15-16,18H,3-4,7-10H2,1-2H3,(H2,26,33)(H,29,34). The molecule has 3 aliphatic rings. The molecule has 3 aliphatic carbocycles. The zero-order valence-corrected chi connectivity index (χ0v) is 20.3. The van der Waals surface area contributed by atoms with Crippen LogP contribution in [0.15, 0.2) is 30.7 Å². The summed E-state index contributed by atoms with van der Waals surface area (Å²) in [5.74, 6) is 0.228. The van der Waals surface area contributed by atoms with Crippen LogP contribution in [0.4, 0.5) is 0 Å². The number of pyridine rings is 1. The SMILES string of the molecule is COc1ccc(-n2ncc(C(=O)NC3CC4(C3)CC(Oc3nn(C5CC5)cc3C(N)=O)C4)c2C)cn1. The maximum atomic E-state index is 12.9. The average molecular weight is 492 g/mol. The lowest BCUT2D eigenvalue weighted by Gasteiger charge is -2.57. The zero-order valence-electron chi connectivity index (χ0n) is 20.3. The molecule has 3 heterocycles. The molecule has 36 heavy (non-hydrogen) atoms. The molecule has 0 radical (unpaired) electrons. The Bertz CT molecular complexity index is 1310. The van der Waals surface area contributed by atoms with Crippen LogP contribution in [0.3, 0.4) is 0 Å². The number of nitrogens with zero attached hydrogens (tertiary/aromatic N) is 5. The maximum Gasteiger partial charge on any atom is 0.255 e. The minimum atomic E-state index is -0.515.